The van der Waals surface area contributed by atoms with Gasteiger partial charge in [-0.05, 0) is 25.9 Å². The Hall–Kier alpha value is -0.160. The van der Waals surface area contributed by atoms with Gasteiger partial charge in [-0.1, -0.05) is 20.8 Å². The summed E-state index contributed by atoms with van der Waals surface area (Å²) in [6.45, 7) is 13.3. The van der Waals surface area contributed by atoms with Gasteiger partial charge in [0.2, 0.25) is 0 Å². The molecule has 4 nitrogen and oxygen atoms in total. The molecule has 0 amide bonds. The van der Waals surface area contributed by atoms with E-state index in [-0.39, 0.29) is 6.10 Å². The highest BCUT2D eigenvalue weighted by molar-refractivity contribution is 4.70. The normalized spacial score (nSPS) is 21.7. The Morgan fingerprint density at radius 2 is 2.28 bits per heavy atom. The van der Waals surface area contributed by atoms with E-state index in [4.69, 9.17) is 9.47 Å². The molecule has 1 saturated heterocycles. The van der Waals surface area contributed by atoms with Crippen molar-refractivity contribution < 1.29 is 9.47 Å². The molecule has 0 bridgehead atoms. The lowest BCUT2D eigenvalue weighted by molar-refractivity contribution is -0.0691. The molecule has 18 heavy (non-hydrogen) atoms. The number of nitrogens with one attached hydrogen (secondary N) is 1. The molecule has 108 valence electrons. The number of ether oxygens (including phenoxy) is 2. The summed E-state index contributed by atoms with van der Waals surface area (Å²) in [6.07, 6.45) is 2.56. The van der Waals surface area contributed by atoms with Crippen molar-refractivity contribution in [2.75, 3.05) is 46.0 Å². The largest absolute Gasteiger partial charge is 0.379 e. The van der Waals surface area contributed by atoms with Gasteiger partial charge >= 0.3 is 0 Å². The summed E-state index contributed by atoms with van der Waals surface area (Å²) in [5.74, 6) is 0. The van der Waals surface area contributed by atoms with Crippen LogP contribution in [0.2, 0.25) is 0 Å². The van der Waals surface area contributed by atoms with E-state index in [9.17, 15) is 0 Å². The third kappa shape index (κ3) is 7.31. The first-order chi connectivity index (χ1) is 8.72. The second-order valence-corrected chi connectivity index (χ2v) is 5.33. The van der Waals surface area contributed by atoms with Gasteiger partial charge in [-0.3, -0.25) is 4.90 Å². The second kappa shape index (κ2) is 9.73. The molecule has 0 aromatic heterocycles. The van der Waals surface area contributed by atoms with E-state index >= 15 is 0 Å². The maximum Gasteiger partial charge on any atom is 0.0935 e. The Morgan fingerprint density at radius 3 is 3.00 bits per heavy atom. The van der Waals surface area contributed by atoms with Crippen molar-refractivity contribution in [2.45, 2.75) is 45.8 Å². The second-order valence-electron chi connectivity index (χ2n) is 5.33. The van der Waals surface area contributed by atoms with E-state index in [1.165, 1.54) is 13.0 Å². The molecule has 1 fully saturated rings. The Bertz CT molecular complexity index is 198. The van der Waals surface area contributed by atoms with Crippen LogP contribution < -0.4 is 5.32 Å². The van der Waals surface area contributed by atoms with Crippen LogP contribution in [0.3, 0.4) is 0 Å². The van der Waals surface area contributed by atoms with Crippen molar-refractivity contribution in [1.82, 2.24) is 10.2 Å². The van der Waals surface area contributed by atoms with E-state index in [0.29, 0.717) is 6.04 Å². The van der Waals surface area contributed by atoms with Crippen molar-refractivity contribution in [3.63, 3.8) is 0 Å². The van der Waals surface area contributed by atoms with Gasteiger partial charge in [0.05, 0.1) is 19.3 Å². The van der Waals surface area contributed by atoms with Crippen LogP contribution in [0.4, 0.5) is 0 Å². The highest BCUT2D eigenvalue weighted by atomic mass is 16.5. The number of nitrogens with zero attached hydrogens (tertiary/aromatic N) is 1. The molecule has 0 aromatic carbocycles. The van der Waals surface area contributed by atoms with Crippen LogP contribution in [0.15, 0.2) is 0 Å². The Labute approximate surface area is 112 Å². The van der Waals surface area contributed by atoms with Crippen molar-refractivity contribution in [3.8, 4) is 0 Å². The molecule has 1 heterocycles. The third-order valence-corrected chi connectivity index (χ3v) is 3.08. The fourth-order valence-corrected chi connectivity index (χ4v) is 2.18. The summed E-state index contributed by atoms with van der Waals surface area (Å²) in [4.78, 5) is 2.47. The minimum atomic E-state index is 0.267. The minimum absolute atomic E-state index is 0.267. The van der Waals surface area contributed by atoms with Gasteiger partial charge in [-0.15, -0.1) is 0 Å². The topological polar surface area (TPSA) is 33.7 Å². The molecule has 1 aliphatic heterocycles. The predicted molar refractivity (Wildman–Crippen MR) is 75.0 cm³/mol. The highest BCUT2D eigenvalue weighted by Crippen LogP contribution is 2.06. The predicted octanol–water partition coefficient (Wildman–Crippen LogP) is 1.50. The van der Waals surface area contributed by atoms with Gasteiger partial charge in [-0.25, -0.2) is 0 Å². The molecule has 1 aliphatic rings. The van der Waals surface area contributed by atoms with Gasteiger partial charge < -0.3 is 14.8 Å². The molecule has 0 spiro atoms. The molecule has 0 aliphatic carbocycles. The van der Waals surface area contributed by atoms with Crippen LogP contribution in [-0.2, 0) is 9.47 Å². The molecule has 0 aromatic rings. The first-order valence-electron chi connectivity index (χ1n) is 7.37. The minimum Gasteiger partial charge on any atom is -0.379 e. The summed E-state index contributed by atoms with van der Waals surface area (Å²) in [7, 11) is 0. The zero-order chi connectivity index (χ0) is 13.2. The van der Waals surface area contributed by atoms with Gasteiger partial charge in [0.1, 0.15) is 0 Å². The Balaban J connectivity index is 1.98. The number of hydrogen-bond acceptors (Lipinski definition) is 4. The van der Waals surface area contributed by atoms with Crippen LogP contribution in [0.25, 0.3) is 0 Å². The molecule has 1 unspecified atom stereocenters. The van der Waals surface area contributed by atoms with Gasteiger partial charge in [0, 0.05) is 25.7 Å². The maximum absolute atomic E-state index is 5.72. The fourth-order valence-electron chi connectivity index (χ4n) is 2.18. The number of rotatable bonds is 9. The Morgan fingerprint density at radius 1 is 1.44 bits per heavy atom. The summed E-state index contributed by atoms with van der Waals surface area (Å²) < 4.78 is 11.4. The SMILES string of the molecule is CCCN1CCOC(COCCCNC(C)C)C1. The highest BCUT2D eigenvalue weighted by Gasteiger charge is 2.19. The van der Waals surface area contributed by atoms with E-state index in [1.54, 1.807) is 0 Å². The zero-order valence-electron chi connectivity index (χ0n) is 12.3. The van der Waals surface area contributed by atoms with Crippen LogP contribution in [0.5, 0.6) is 0 Å². The molecule has 4 heteroatoms. The van der Waals surface area contributed by atoms with Crippen LogP contribution in [-0.4, -0.2) is 63.0 Å². The number of hydrogen-bond donors (Lipinski definition) is 1. The fraction of sp³-hybridized carbons (Fsp3) is 1.00. The lowest BCUT2D eigenvalue weighted by atomic mass is 10.2. The summed E-state index contributed by atoms with van der Waals surface area (Å²) in [5, 5.41) is 3.39. The van der Waals surface area contributed by atoms with Crippen molar-refractivity contribution in [3.05, 3.63) is 0 Å². The van der Waals surface area contributed by atoms with Crippen LogP contribution >= 0.6 is 0 Å². The lowest BCUT2D eigenvalue weighted by Crippen LogP contribution is -2.44. The molecule has 1 atom stereocenters. The standard InChI is InChI=1S/C14H30N2O2/c1-4-7-16-8-10-18-14(11-16)12-17-9-5-6-15-13(2)3/h13-15H,4-12H2,1-3H3. The third-order valence-electron chi connectivity index (χ3n) is 3.08. The average molecular weight is 258 g/mol. The Kier molecular flexibility index (Phi) is 8.59. The van der Waals surface area contributed by atoms with E-state index < -0.39 is 0 Å². The maximum atomic E-state index is 5.72. The van der Waals surface area contributed by atoms with E-state index in [2.05, 4.69) is 31.0 Å². The van der Waals surface area contributed by atoms with Gasteiger partial charge in [0.15, 0.2) is 0 Å². The molecular formula is C14H30N2O2. The average Bonchev–Trinajstić information content (AvgIpc) is 2.34. The molecule has 0 saturated carbocycles. The van der Waals surface area contributed by atoms with Gasteiger partial charge in [-0.2, -0.15) is 0 Å². The summed E-state index contributed by atoms with van der Waals surface area (Å²) >= 11 is 0. The van der Waals surface area contributed by atoms with Crippen molar-refractivity contribution in [1.29, 1.82) is 0 Å². The van der Waals surface area contributed by atoms with E-state index in [1.807, 2.05) is 0 Å². The molecule has 0 radical (unpaired) electrons. The first-order valence-corrected chi connectivity index (χ1v) is 7.37. The first kappa shape index (κ1) is 15.9. The monoisotopic (exact) mass is 258 g/mol. The smallest absolute Gasteiger partial charge is 0.0935 e. The number of morpholine rings is 1. The quantitative estimate of drug-likeness (QED) is 0.636. The van der Waals surface area contributed by atoms with Crippen molar-refractivity contribution in [2.24, 2.45) is 0 Å². The lowest BCUT2D eigenvalue weighted by Gasteiger charge is -2.32. The zero-order valence-corrected chi connectivity index (χ0v) is 12.3. The molecular weight excluding hydrogens is 228 g/mol. The molecule has 1 N–H and O–H groups in total. The van der Waals surface area contributed by atoms with Crippen molar-refractivity contribution >= 4 is 0 Å². The van der Waals surface area contributed by atoms with Gasteiger partial charge in [0.25, 0.3) is 0 Å². The summed E-state index contributed by atoms with van der Waals surface area (Å²) in [5.41, 5.74) is 0. The summed E-state index contributed by atoms with van der Waals surface area (Å²) in [6, 6.07) is 0.564. The van der Waals surface area contributed by atoms with Crippen LogP contribution in [0.1, 0.15) is 33.6 Å². The van der Waals surface area contributed by atoms with E-state index in [0.717, 1.165) is 45.9 Å². The molecule has 1 rings (SSSR count). The van der Waals surface area contributed by atoms with Crippen LogP contribution in [0, 0.1) is 0 Å².